The molecular formula is C14H23BrN2S. The quantitative estimate of drug-likeness (QED) is 0.906. The lowest BCUT2D eigenvalue weighted by Gasteiger charge is -2.44. The summed E-state index contributed by atoms with van der Waals surface area (Å²) in [6.45, 7) is 8.01. The van der Waals surface area contributed by atoms with Gasteiger partial charge in [0.2, 0.25) is 0 Å². The van der Waals surface area contributed by atoms with Crippen LogP contribution in [0, 0.1) is 5.92 Å². The molecule has 4 atom stereocenters. The van der Waals surface area contributed by atoms with Crippen molar-refractivity contribution in [3.05, 3.63) is 20.8 Å². The Labute approximate surface area is 123 Å². The normalized spacial score (nSPS) is 29.2. The van der Waals surface area contributed by atoms with Crippen molar-refractivity contribution in [3.8, 4) is 0 Å². The maximum Gasteiger partial charge on any atom is 0.0702 e. The molecule has 18 heavy (non-hydrogen) atoms. The van der Waals surface area contributed by atoms with Gasteiger partial charge < -0.3 is 5.73 Å². The minimum Gasteiger partial charge on any atom is -0.326 e. The van der Waals surface area contributed by atoms with Crippen LogP contribution in [0.25, 0.3) is 0 Å². The van der Waals surface area contributed by atoms with Gasteiger partial charge in [-0.15, -0.1) is 11.3 Å². The number of nitrogens with two attached hydrogens (primary N) is 1. The van der Waals surface area contributed by atoms with E-state index >= 15 is 0 Å². The van der Waals surface area contributed by atoms with Gasteiger partial charge in [0, 0.05) is 17.0 Å². The Morgan fingerprint density at radius 2 is 2.17 bits per heavy atom. The minimum absolute atomic E-state index is 0.170. The summed E-state index contributed by atoms with van der Waals surface area (Å²) in [6, 6.07) is 5.50. The van der Waals surface area contributed by atoms with Crippen molar-refractivity contribution in [2.75, 3.05) is 6.54 Å². The minimum atomic E-state index is 0.170. The zero-order valence-electron chi connectivity index (χ0n) is 11.4. The Morgan fingerprint density at radius 1 is 1.44 bits per heavy atom. The summed E-state index contributed by atoms with van der Waals surface area (Å²) in [6.07, 6.45) is 2.64. The number of thiophene rings is 1. The van der Waals surface area contributed by atoms with Crippen molar-refractivity contribution in [1.82, 2.24) is 4.90 Å². The van der Waals surface area contributed by atoms with Gasteiger partial charge in [-0.05, 0) is 67.2 Å². The van der Waals surface area contributed by atoms with Crippen LogP contribution in [0.2, 0.25) is 0 Å². The highest BCUT2D eigenvalue weighted by molar-refractivity contribution is 9.11. The van der Waals surface area contributed by atoms with Crippen LogP contribution in [-0.2, 0) is 0 Å². The second kappa shape index (κ2) is 6.04. The van der Waals surface area contributed by atoms with Gasteiger partial charge in [0.15, 0.2) is 0 Å². The van der Waals surface area contributed by atoms with Crippen LogP contribution in [0.4, 0.5) is 0 Å². The summed E-state index contributed by atoms with van der Waals surface area (Å²) >= 11 is 5.38. The maximum absolute atomic E-state index is 6.27. The van der Waals surface area contributed by atoms with Gasteiger partial charge in [0.25, 0.3) is 0 Å². The number of piperidine rings is 1. The van der Waals surface area contributed by atoms with E-state index in [0.717, 1.165) is 5.92 Å². The largest absolute Gasteiger partial charge is 0.326 e. The molecule has 1 aliphatic heterocycles. The van der Waals surface area contributed by atoms with Crippen LogP contribution >= 0.6 is 27.3 Å². The van der Waals surface area contributed by atoms with Crippen molar-refractivity contribution in [2.24, 2.45) is 11.7 Å². The van der Waals surface area contributed by atoms with E-state index < -0.39 is 0 Å². The molecule has 2 rings (SSSR count). The summed E-state index contributed by atoms with van der Waals surface area (Å²) in [4.78, 5) is 4.00. The van der Waals surface area contributed by atoms with E-state index in [1.165, 1.54) is 28.0 Å². The van der Waals surface area contributed by atoms with Gasteiger partial charge in [-0.1, -0.05) is 6.92 Å². The lowest BCUT2D eigenvalue weighted by atomic mass is 9.89. The first-order valence-electron chi connectivity index (χ1n) is 6.77. The van der Waals surface area contributed by atoms with E-state index in [2.05, 4.69) is 53.7 Å². The Bertz CT molecular complexity index is 391. The number of hydrogen-bond donors (Lipinski definition) is 1. The molecule has 4 unspecified atom stereocenters. The molecule has 2 heterocycles. The third-order valence-corrected chi connectivity index (χ3v) is 5.86. The second-order valence-electron chi connectivity index (χ2n) is 5.54. The zero-order valence-corrected chi connectivity index (χ0v) is 13.8. The molecule has 4 heteroatoms. The highest BCUT2D eigenvalue weighted by atomic mass is 79.9. The predicted octanol–water partition coefficient (Wildman–Crippen LogP) is 4.02. The highest BCUT2D eigenvalue weighted by Crippen LogP contribution is 2.37. The maximum atomic E-state index is 6.27. The first-order chi connectivity index (χ1) is 8.50. The fraction of sp³-hybridized carbons (Fsp3) is 0.714. The van der Waals surface area contributed by atoms with Crippen molar-refractivity contribution >= 4 is 27.3 Å². The molecule has 0 amide bonds. The Kier molecular flexibility index (Phi) is 4.86. The first kappa shape index (κ1) is 14.5. The average molecular weight is 331 g/mol. The van der Waals surface area contributed by atoms with Crippen molar-refractivity contribution in [3.63, 3.8) is 0 Å². The standard InChI is InChI=1S/C14H23BrN2S/c1-9-5-4-8-17(11(9)3)14(10(2)16)12-6-7-13(15)18-12/h6-7,9-11,14H,4-5,8,16H2,1-3H3. The molecule has 102 valence electrons. The van der Waals surface area contributed by atoms with Gasteiger partial charge in [-0.25, -0.2) is 0 Å². The molecule has 0 aromatic carbocycles. The second-order valence-corrected chi connectivity index (χ2v) is 8.04. The third kappa shape index (κ3) is 2.98. The summed E-state index contributed by atoms with van der Waals surface area (Å²) < 4.78 is 1.20. The predicted molar refractivity (Wildman–Crippen MR) is 83.0 cm³/mol. The van der Waals surface area contributed by atoms with Crippen LogP contribution in [0.5, 0.6) is 0 Å². The SMILES string of the molecule is CC(N)C(c1ccc(Br)s1)N1CCCC(C)C1C. The van der Waals surface area contributed by atoms with Crippen molar-refractivity contribution < 1.29 is 0 Å². The van der Waals surface area contributed by atoms with E-state index in [4.69, 9.17) is 5.73 Å². The van der Waals surface area contributed by atoms with Gasteiger partial charge in [-0.2, -0.15) is 0 Å². The van der Waals surface area contributed by atoms with E-state index in [1.54, 1.807) is 0 Å². The van der Waals surface area contributed by atoms with Crippen LogP contribution in [-0.4, -0.2) is 23.5 Å². The van der Waals surface area contributed by atoms with E-state index in [9.17, 15) is 0 Å². The fourth-order valence-electron chi connectivity index (χ4n) is 2.97. The lowest BCUT2D eigenvalue weighted by molar-refractivity contribution is 0.0595. The number of hydrogen-bond acceptors (Lipinski definition) is 3. The molecular weight excluding hydrogens is 308 g/mol. The molecule has 1 aromatic heterocycles. The molecule has 0 radical (unpaired) electrons. The van der Waals surface area contributed by atoms with E-state index in [1.807, 2.05) is 11.3 Å². The Balaban J connectivity index is 2.24. The lowest BCUT2D eigenvalue weighted by Crippen LogP contribution is -2.49. The molecule has 0 bridgehead atoms. The number of halogens is 1. The summed E-state index contributed by atoms with van der Waals surface area (Å²) in [5.41, 5.74) is 6.27. The smallest absolute Gasteiger partial charge is 0.0702 e. The van der Waals surface area contributed by atoms with Crippen LogP contribution in [0.15, 0.2) is 15.9 Å². The molecule has 1 fully saturated rings. The molecule has 0 saturated carbocycles. The average Bonchev–Trinajstić information content (AvgIpc) is 2.71. The van der Waals surface area contributed by atoms with E-state index in [-0.39, 0.29) is 6.04 Å². The molecule has 2 nitrogen and oxygen atoms in total. The van der Waals surface area contributed by atoms with Gasteiger partial charge >= 0.3 is 0 Å². The molecule has 0 spiro atoms. The van der Waals surface area contributed by atoms with Crippen molar-refractivity contribution in [2.45, 2.75) is 51.7 Å². The van der Waals surface area contributed by atoms with Gasteiger partial charge in [0.1, 0.15) is 0 Å². The Morgan fingerprint density at radius 3 is 2.72 bits per heavy atom. The Hall–Kier alpha value is 0.1000. The molecule has 1 aromatic rings. The highest BCUT2D eigenvalue weighted by Gasteiger charge is 2.33. The zero-order chi connectivity index (χ0) is 13.3. The first-order valence-corrected chi connectivity index (χ1v) is 8.38. The summed E-state index contributed by atoms with van der Waals surface area (Å²) in [5.74, 6) is 0.767. The van der Waals surface area contributed by atoms with Crippen LogP contribution in [0.3, 0.4) is 0 Å². The van der Waals surface area contributed by atoms with Gasteiger partial charge in [0.05, 0.1) is 9.83 Å². The van der Waals surface area contributed by atoms with Crippen LogP contribution in [0.1, 0.15) is 44.5 Å². The fourth-order valence-corrected chi connectivity index (χ4v) is 4.63. The van der Waals surface area contributed by atoms with Crippen molar-refractivity contribution in [1.29, 1.82) is 0 Å². The molecule has 2 N–H and O–H groups in total. The molecule has 0 aliphatic carbocycles. The number of nitrogens with zero attached hydrogens (tertiary/aromatic N) is 1. The van der Waals surface area contributed by atoms with Gasteiger partial charge in [-0.3, -0.25) is 4.90 Å². The topological polar surface area (TPSA) is 29.3 Å². The number of likely N-dealkylation sites (tertiary alicyclic amines) is 1. The molecule has 1 saturated heterocycles. The summed E-state index contributed by atoms with van der Waals surface area (Å²) in [7, 11) is 0. The number of rotatable bonds is 3. The molecule has 1 aliphatic rings. The summed E-state index contributed by atoms with van der Waals surface area (Å²) in [5, 5.41) is 0. The monoisotopic (exact) mass is 330 g/mol. The van der Waals surface area contributed by atoms with E-state index in [0.29, 0.717) is 12.1 Å². The third-order valence-electron chi connectivity index (χ3n) is 4.16. The van der Waals surface area contributed by atoms with Crippen LogP contribution < -0.4 is 5.73 Å².